The highest BCUT2D eigenvalue weighted by atomic mass is 79.9. The zero-order valence-corrected chi connectivity index (χ0v) is 14.2. The topological polar surface area (TPSA) is 80.9 Å². The maximum atomic E-state index is 12.2. The molecule has 1 heterocycles. The highest BCUT2D eigenvalue weighted by Crippen LogP contribution is 2.21. The number of phenolic OH excluding ortho intramolecular Hbond substituents is 1. The van der Waals surface area contributed by atoms with E-state index in [0.29, 0.717) is 16.4 Å². The number of rotatable bonds is 5. The lowest BCUT2D eigenvalue weighted by Gasteiger charge is -2.04. The number of carbonyl (C=O) groups excluding carboxylic acids is 1. The number of hydrogen-bond acceptors (Lipinski definition) is 6. The van der Waals surface area contributed by atoms with Gasteiger partial charge in [-0.2, -0.15) is 4.68 Å². The van der Waals surface area contributed by atoms with Crippen LogP contribution in [0.4, 0.5) is 0 Å². The van der Waals surface area contributed by atoms with Crippen molar-refractivity contribution in [3.63, 3.8) is 0 Å². The van der Waals surface area contributed by atoms with Crippen molar-refractivity contribution in [2.75, 3.05) is 5.75 Å². The summed E-state index contributed by atoms with van der Waals surface area (Å²) in [5.41, 5.74) is 1.36. The molecule has 0 saturated heterocycles. The predicted octanol–water partition coefficient (Wildman–Crippen LogP) is 3.11. The first-order valence-electron chi connectivity index (χ1n) is 6.63. The molecule has 116 valence electrons. The molecule has 8 heteroatoms. The second kappa shape index (κ2) is 6.93. The molecule has 0 amide bonds. The summed E-state index contributed by atoms with van der Waals surface area (Å²) in [5, 5.41) is 21.3. The third-order valence-corrected chi connectivity index (χ3v) is 4.48. The van der Waals surface area contributed by atoms with E-state index in [1.54, 1.807) is 36.4 Å². The summed E-state index contributed by atoms with van der Waals surface area (Å²) in [4.78, 5) is 12.2. The standard InChI is InChI=1S/C15H11BrN4O2S/c16-11-3-1-10(2-4-11)14(22)9-23-15-17-18-19-20(15)12-5-7-13(21)8-6-12/h1-8,21H,9H2. The van der Waals surface area contributed by atoms with Gasteiger partial charge < -0.3 is 5.11 Å². The van der Waals surface area contributed by atoms with Crippen molar-refractivity contribution in [2.24, 2.45) is 0 Å². The third kappa shape index (κ3) is 3.77. The van der Waals surface area contributed by atoms with Gasteiger partial charge in [-0.05, 0) is 46.8 Å². The Labute approximate surface area is 144 Å². The van der Waals surface area contributed by atoms with E-state index in [1.165, 1.54) is 16.4 Å². The van der Waals surface area contributed by atoms with Crippen LogP contribution in [-0.2, 0) is 0 Å². The number of halogens is 1. The van der Waals surface area contributed by atoms with Gasteiger partial charge in [0.2, 0.25) is 5.16 Å². The number of thioether (sulfide) groups is 1. The van der Waals surface area contributed by atoms with E-state index in [4.69, 9.17) is 0 Å². The maximum Gasteiger partial charge on any atom is 0.214 e. The van der Waals surface area contributed by atoms with Gasteiger partial charge in [-0.3, -0.25) is 4.79 Å². The van der Waals surface area contributed by atoms with Crippen LogP contribution in [0, 0.1) is 0 Å². The first kappa shape index (κ1) is 15.7. The fraction of sp³-hybridized carbons (Fsp3) is 0.0667. The molecule has 0 fully saturated rings. The van der Waals surface area contributed by atoms with Gasteiger partial charge in [0, 0.05) is 10.0 Å². The number of aromatic nitrogens is 4. The molecule has 0 radical (unpaired) electrons. The van der Waals surface area contributed by atoms with Crippen LogP contribution in [-0.4, -0.2) is 36.8 Å². The SMILES string of the molecule is O=C(CSc1nnnn1-c1ccc(O)cc1)c1ccc(Br)cc1. The number of carbonyl (C=O) groups is 1. The number of nitrogens with zero attached hydrogens (tertiary/aromatic N) is 4. The number of phenols is 1. The maximum absolute atomic E-state index is 12.2. The van der Waals surface area contributed by atoms with Crippen LogP contribution >= 0.6 is 27.7 Å². The van der Waals surface area contributed by atoms with Gasteiger partial charge in [0.05, 0.1) is 11.4 Å². The Balaban J connectivity index is 1.72. The Morgan fingerprint density at radius 3 is 2.52 bits per heavy atom. The Kier molecular flexibility index (Phi) is 4.73. The van der Waals surface area contributed by atoms with Crippen molar-refractivity contribution in [3.8, 4) is 11.4 Å². The van der Waals surface area contributed by atoms with Crippen molar-refractivity contribution < 1.29 is 9.90 Å². The van der Waals surface area contributed by atoms with Crippen LogP contribution in [0.25, 0.3) is 5.69 Å². The molecule has 0 bridgehead atoms. The lowest BCUT2D eigenvalue weighted by Crippen LogP contribution is -2.04. The average molecular weight is 391 g/mol. The van der Waals surface area contributed by atoms with Crippen LogP contribution in [0.3, 0.4) is 0 Å². The number of Topliss-reactive ketones (excluding diaryl/α,β-unsaturated/α-hetero) is 1. The molecule has 0 aliphatic heterocycles. The summed E-state index contributed by atoms with van der Waals surface area (Å²) in [6.45, 7) is 0. The van der Waals surface area contributed by atoms with Gasteiger partial charge >= 0.3 is 0 Å². The molecule has 1 N–H and O–H groups in total. The summed E-state index contributed by atoms with van der Waals surface area (Å²) in [6.07, 6.45) is 0. The molecule has 3 aromatic rings. The molecule has 0 saturated carbocycles. The van der Waals surface area contributed by atoms with E-state index in [1.807, 2.05) is 12.1 Å². The monoisotopic (exact) mass is 390 g/mol. The van der Waals surface area contributed by atoms with Gasteiger partial charge in [-0.1, -0.05) is 39.8 Å². The molecular weight excluding hydrogens is 380 g/mol. The molecule has 2 aromatic carbocycles. The smallest absolute Gasteiger partial charge is 0.214 e. The minimum atomic E-state index is 0.00255. The van der Waals surface area contributed by atoms with E-state index >= 15 is 0 Å². The molecule has 0 aliphatic carbocycles. The average Bonchev–Trinajstić information content (AvgIpc) is 3.02. The molecule has 0 atom stereocenters. The molecule has 3 rings (SSSR count). The number of ketones is 1. The van der Waals surface area contributed by atoms with E-state index in [9.17, 15) is 9.90 Å². The molecule has 0 spiro atoms. The summed E-state index contributed by atoms with van der Waals surface area (Å²) in [7, 11) is 0. The Bertz CT molecular complexity index is 818. The van der Waals surface area contributed by atoms with E-state index in [2.05, 4.69) is 31.5 Å². The van der Waals surface area contributed by atoms with Crippen molar-refractivity contribution >= 4 is 33.5 Å². The molecule has 0 aliphatic rings. The highest BCUT2D eigenvalue weighted by molar-refractivity contribution is 9.10. The predicted molar refractivity (Wildman–Crippen MR) is 90.0 cm³/mol. The quantitative estimate of drug-likeness (QED) is 0.532. The number of aromatic hydroxyl groups is 1. The van der Waals surface area contributed by atoms with Crippen molar-refractivity contribution in [3.05, 3.63) is 58.6 Å². The van der Waals surface area contributed by atoms with Crippen LogP contribution in [0.1, 0.15) is 10.4 Å². The van der Waals surface area contributed by atoms with Gasteiger partial charge in [0.25, 0.3) is 0 Å². The Morgan fingerprint density at radius 2 is 1.83 bits per heavy atom. The first-order chi connectivity index (χ1) is 11.1. The fourth-order valence-electron chi connectivity index (χ4n) is 1.87. The highest BCUT2D eigenvalue weighted by Gasteiger charge is 2.12. The van der Waals surface area contributed by atoms with Gasteiger partial charge in [-0.15, -0.1) is 5.10 Å². The summed E-state index contributed by atoms with van der Waals surface area (Å²) in [5.74, 6) is 0.407. The van der Waals surface area contributed by atoms with Crippen LogP contribution < -0.4 is 0 Å². The van der Waals surface area contributed by atoms with E-state index < -0.39 is 0 Å². The lowest BCUT2D eigenvalue weighted by atomic mass is 10.2. The van der Waals surface area contributed by atoms with E-state index in [0.717, 1.165) is 4.47 Å². The zero-order chi connectivity index (χ0) is 16.2. The van der Waals surface area contributed by atoms with Crippen LogP contribution in [0.5, 0.6) is 5.75 Å². The molecular formula is C15H11BrN4O2S. The van der Waals surface area contributed by atoms with Gasteiger partial charge in [-0.25, -0.2) is 0 Å². The minimum Gasteiger partial charge on any atom is -0.508 e. The fourth-order valence-corrected chi connectivity index (χ4v) is 2.92. The second-order valence-corrected chi connectivity index (χ2v) is 6.47. The Morgan fingerprint density at radius 1 is 1.13 bits per heavy atom. The second-order valence-electron chi connectivity index (χ2n) is 4.61. The number of benzene rings is 2. The third-order valence-electron chi connectivity index (χ3n) is 3.03. The van der Waals surface area contributed by atoms with Crippen molar-refractivity contribution in [1.82, 2.24) is 20.2 Å². The summed E-state index contributed by atoms with van der Waals surface area (Å²) < 4.78 is 2.46. The largest absolute Gasteiger partial charge is 0.508 e. The van der Waals surface area contributed by atoms with Gasteiger partial charge in [0.15, 0.2) is 5.78 Å². The van der Waals surface area contributed by atoms with Crippen LogP contribution in [0.2, 0.25) is 0 Å². The normalized spacial score (nSPS) is 10.7. The zero-order valence-electron chi connectivity index (χ0n) is 11.8. The Hall–Kier alpha value is -2.19. The lowest BCUT2D eigenvalue weighted by molar-refractivity contribution is 0.102. The van der Waals surface area contributed by atoms with Crippen molar-refractivity contribution in [2.45, 2.75) is 5.16 Å². The minimum absolute atomic E-state index is 0.00255. The summed E-state index contributed by atoms with van der Waals surface area (Å²) in [6, 6.07) is 13.7. The van der Waals surface area contributed by atoms with Crippen molar-refractivity contribution in [1.29, 1.82) is 0 Å². The number of hydrogen-bond donors (Lipinski definition) is 1. The van der Waals surface area contributed by atoms with E-state index in [-0.39, 0.29) is 17.3 Å². The molecule has 23 heavy (non-hydrogen) atoms. The molecule has 6 nitrogen and oxygen atoms in total. The first-order valence-corrected chi connectivity index (χ1v) is 8.41. The molecule has 0 unspecified atom stereocenters. The van der Waals surface area contributed by atoms with Crippen LogP contribution in [0.15, 0.2) is 58.2 Å². The molecule has 1 aromatic heterocycles. The number of tetrazole rings is 1. The van der Waals surface area contributed by atoms with Gasteiger partial charge in [0.1, 0.15) is 5.75 Å². The summed E-state index contributed by atoms with van der Waals surface area (Å²) >= 11 is 4.60.